The number of carbonyl (C=O) groups excluding carboxylic acids is 1. The van der Waals surface area contributed by atoms with Gasteiger partial charge in [-0.2, -0.15) is 0 Å². The molecule has 0 aliphatic heterocycles. The van der Waals surface area contributed by atoms with E-state index in [1.54, 1.807) is 6.92 Å². The van der Waals surface area contributed by atoms with Crippen molar-refractivity contribution in [3.05, 3.63) is 12.2 Å². The molecule has 0 bridgehead atoms. The van der Waals surface area contributed by atoms with Crippen molar-refractivity contribution in [1.82, 2.24) is 0 Å². The van der Waals surface area contributed by atoms with Gasteiger partial charge < -0.3 is 4.74 Å². The highest BCUT2D eigenvalue weighted by molar-refractivity contribution is 5.87. The zero-order valence-electron chi connectivity index (χ0n) is 10.8. The first kappa shape index (κ1) is 13.3. The summed E-state index contributed by atoms with van der Waals surface area (Å²) in [4.78, 5) is 11.7. The van der Waals surface area contributed by atoms with Crippen molar-refractivity contribution in [3.8, 4) is 0 Å². The van der Waals surface area contributed by atoms with Crippen LogP contribution in [-0.4, -0.2) is 11.6 Å². The summed E-state index contributed by atoms with van der Waals surface area (Å²) in [6, 6.07) is 0. The molecule has 1 aliphatic rings. The zero-order valence-corrected chi connectivity index (χ0v) is 10.8. The Hall–Kier alpha value is -0.790. The van der Waals surface area contributed by atoms with Crippen LogP contribution in [0.25, 0.3) is 0 Å². The molecule has 92 valence electrons. The summed E-state index contributed by atoms with van der Waals surface area (Å²) in [5.74, 6) is 0.346. The van der Waals surface area contributed by atoms with Gasteiger partial charge in [-0.1, -0.05) is 26.8 Å². The van der Waals surface area contributed by atoms with Crippen LogP contribution in [-0.2, 0) is 9.53 Å². The summed E-state index contributed by atoms with van der Waals surface area (Å²) < 4.78 is 5.71. The van der Waals surface area contributed by atoms with Crippen LogP contribution in [0.2, 0.25) is 0 Å². The van der Waals surface area contributed by atoms with Gasteiger partial charge in [0.25, 0.3) is 0 Å². The molecule has 2 nitrogen and oxygen atoms in total. The number of carbonyl (C=O) groups is 1. The van der Waals surface area contributed by atoms with Gasteiger partial charge in [-0.25, -0.2) is 4.79 Å². The van der Waals surface area contributed by atoms with Gasteiger partial charge >= 0.3 is 5.97 Å². The summed E-state index contributed by atoms with van der Waals surface area (Å²) in [7, 11) is 0. The summed E-state index contributed by atoms with van der Waals surface area (Å²) in [6.45, 7) is 9.74. The van der Waals surface area contributed by atoms with E-state index in [-0.39, 0.29) is 11.6 Å². The maximum atomic E-state index is 11.7. The first-order chi connectivity index (χ1) is 7.45. The van der Waals surface area contributed by atoms with Crippen LogP contribution in [0.15, 0.2) is 12.2 Å². The molecular weight excluding hydrogens is 200 g/mol. The van der Waals surface area contributed by atoms with E-state index in [4.69, 9.17) is 4.74 Å². The van der Waals surface area contributed by atoms with Gasteiger partial charge in [0, 0.05) is 5.57 Å². The SMILES string of the molecule is C=C(C)C(=O)OC1(CC(C)C)CCCCC1. The van der Waals surface area contributed by atoms with Crippen LogP contribution in [0.4, 0.5) is 0 Å². The van der Waals surface area contributed by atoms with Crippen molar-refractivity contribution in [2.45, 2.75) is 64.9 Å². The van der Waals surface area contributed by atoms with Crippen molar-refractivity contribution >= 4 is 5.97 Å². The first-order valence-electron chi connectivity index (χ1n) is 6.34. The lowest BCUT2D eigenvalue weighted by atomic mass is 9.79. The standard InChI is InChI=1S/C14H24O2/c1-11(2)10-14(8-6-5-7-9-14)16-13(15)12(3)4/h11H,3,5-10H2,1-2,4H3. The van der Waals surface area contributed by atoms with E-state index in [1.165, 1.54) is 19.3 Å². The largest absolute Gasteiger partial charge is 0.456 e. The highest BCUT2D eigenvalue weighted by Gasteiger charge is 2.36. The number of hydrogen-bond acceptors (Lipinski definition) is 2. The van der Waals surface area contributed by atoms with E-state index >= 15 is 0 Å². The smallest absolute Gasteiger partial charge is 0.333 e. The van der Waals surface area contributed by atoms with E-state index in [9.17, 15) is 4.79 Å². The molecule has 2 heteroatoms. The molecule has 0 N–H and O–H groups in total. The Morgan fingerprint density at radius 3 is 2.31 bits per heavy atom. The van der Waals surface area contributed by atoms with E-state index in [2.05, 4.69) is 20.4 Å². The van der Waals surface area contributed by atoms with Crippen LogP contribution in [0.1, 0.15) is 59.3 Å². The fourth-order valence-electron chi connectivity index (χ4n) is 2.57. The number of esters is 1. The molecule has 0 amide bonds. The molecule has 1 saturated carbocycles. The second-order valence-electron chi connectivity index (χ2n) is 5.51. The molecule has 0 unspecified atom stereocenters. The fraction of sp³-hybridized carbons (Fsp3) is 0.786. The molecule has 0 heterocycles. The third-order valence-corrected chi connectivity index (χ3v) is 3.20. The van der Waals surface area contributed by atoms with Crippen molar-refractivity contribution in [3.63, 3.8) is 0 Å². The lowest BCUT2D eigenvalue weighted by Gasteiger charge is -2.38. The molecule has 0 aromatic heterocycles. The molecular formula is C14H24O2. The lowest BCUT2D eigenvalue weighted by molar-refractivity contribution is -0.160. The number of hydrogen-bond donors (Lipinski definition) is 0. The van der Waals surface area contributed by atoms with Gasteiger partial charge in [-0.15, -0.1) is 0 Å². The second kappa shape index (κ2) is 5.51. The number of ether oxygens (including phenoxy) is 1. The molecule has 0 spiro atoms. The Morgan fingerprint density at radius 1 is 1.31 bits per heavy atom. The third-order valence-electron chi connectivity index (χ3n) is 3.20. The predicted octanol–water partition coefficient (Wildman–Crippen LogP) is 3.85. The molecule has 1 fully saturated rings. The Labute approximate surface area is 99.1 Å². The van der Waals surface area contributed by atoms with Crippen molar-refractivity contribution in [2.75, 3.05) is 0 Å². The van der Waals surface area contributed by atoms with Gasteiger partial charge in [-0.05, 0) is 44.9 Å². The highest BCUT2D eigenvalue weighted by atomic mass is 16.6. The maximum Gasteiger partial charge on any atom is 0.333 e. The molecule has 1 rings (SSSR count). The van der Waals surface area contributed by atoms with Crippen molar-refractivity contribution in [1.29, 1.82) is 0 Å². The minimum absolute atomic E-state index is 0.206. The van der Waals surface area contributed by atoms with E-state index in [0.29, 0.717) is 11.5 Å². The quantitative estimate of drug-likeness (QED) is 0.535. The van der Waals surface area contributed by atoms with Gasteiger partial charge in [0.05, 0.1) is 0 Å². The molecule has 1 aliphatic carbocycles. The normalized spacial score (nSPS) is 19.5. The van der Waals surface area contributed by atoms with Crippen LogP contribution >= 0.6 is 0 Å². The minimum atomic E-state index is -0.220. The van der Waals surface area contributed by atoms with Crippen LogP contribution in [0.5, 0.6) is 0 Å². The van der Waals surface area contributed by atoms with Gasteiger partial charge in [0.2, 0.25) is 0 Å². The Balaban J connectivity index is 2.69. The van der Waals surface area contributed by atoms with Crippen molar-refractivity contribution < 1.29 is 9.53 Å². The van der Waals surface area contributed by atoms with Crippen LogP contribution in [0, 0.1) is 5.92 Å². The maximum absolute atomic E-state index is 11.7. The predicted molar refractivity (Wildman–Crippen MR) is 66.2 cm³/mol. The summed E-state index contributed by atoms with van der Waals surface area (Å²) in [5, 5.41) is 0. The van der Waals surface area contributed by atoms with Gasteiger partial charge in [0.1, 0.15) is 5.60 Å². The summed E-state index contributed by atoms with van der Waals surface area (Å²) in [6.07, 6.45) is 6.64. The molecule has 0 saturated heterocycles. The Morgan fingerprint density at radius 2 is 1.88 bits per heavy atom. The average Bonchev–Trinajstić information content (AvgIpc) is 2.17. The van der Waals surface area contributed by atoms with Gasteiger partial charge in [0.15, 0.2) is 0 Å². The summed E-state index contributed by atoms with van der Waals surface area (Å²) >= 11 is 0. The number of rotatable bonds is 4. The Kier molecular flexibility index (Phi) is 4.57. The third kappa shape index (κ3) is 3.66. The molecule has 0 aromatic rings. The summed E-state index contributed by atoms with van der Waals surface area (Å²) in [5.41, 5.74) is 0.302. The van der Waals surface area contributed by atoms with Crippen molar-refractivity contribution in [2.24, 2.45) is 5.92 Å². The molecule has 0 atom stereocenters. The molecule has 16 heavy (non-hydrogen) atoms. The highest BCUT2D eigenvalue weighted by Crippen LogP contribution is 2.37. The van der Waals surface area contributed by atoms with E-state index < -0.39 is 0 Å². The topological polar surface area (TPSA) is 26.3 Å². The monoisotopic (exact) mass is 224 g/mol. The van der Waals surface area contributed by atoms with E-state index in [0.717, 1.165) is 19.3 Å². The zero-order chi connectivity index (χ0) is 12.2. The molecule has 0 aromatic carbocycles. The fourth-order valence-corrected chi connectivity index (χ4v) is 2.57. The lowest BCUT2D eigenvalue weighted by Crippen LogP contribution is -2.38. The first-order valence-corrected chi connectivity index (χ1v) is 6.34. The van der Waals surface area contributed by atoms with Crippen LogP contribution in [0.3, 0.4) is 0 Å². The average molecular weight is 224 g/mol. The Bertz CT molecular complexity index is 260. The molecule has 0 radical (unpaired) electrons. The minimum Gasteiger partial charge on any atom is -0.456 e. The van der Waals surface area contributed by atoms with Crippen LogP contribution < -0.4 is 0 Å². The van der Waals surface area contributed by atoms with Gasteiger partial charge in [-0.3, -0.25) is 0 Å². The second-order valence-corrected chi connectivity index (χ2v) is 5.51. The van der Waals surface area contributed by atoms with E-state index in [1.807, 2.05) is 0 Å².